The smallest absolute Gasteiger partial charge is 0.476 e. The summed E-state index contributed by atoms with van der Waals surface area (Å²) >= 11 is 0. The van der Waals surface area contributed by atoms with E-state index < -0.39 is 7.92 Å². The van der Waals surface area contributed by atoms with Crippen molar-refractivity contribution in [2.45, 2.75) is 19.9 Å². The zero-order chi connectivity index (χ0) is 15.4. The monoisotopic (exact) mass is 535 g/mol. The molecule has 2 aromatic carbocycles. The fraction of sp³-hybridized carbons (Fsp3) is 0.286. The molecule has 25 heavy (non-hydrogen) atoms. The van der Waals surface area contributed by atoms with Crippen LogP contribution in [-0.4, -0.2) is 24.7 Å². The van der Waals surface area contributed by atoms with Crippen LogP contribution in [0.2, 0.25) is 0 Å². The third-order valence-electron chi connectivity index (χ3n) is 4.07. The first kappa shape index (κ1) is 24.0. The van der Waals surface area contributed by atoms with Crippen molar-refractivity contribution in [1.82, 2.24) is 0 Å². The molecule has 4 heteroatoms. The van der Waals surface area contributed by atoms with Crippen LogP contribution in [0.25, 0.3) is 0 Å². The maximum absolute atomic E-state index is 5.88. The number of nitrogens with zero attached hydrogens (tertiary/aromatic N) is 1. The summed E-state index contributed by atoms with van der Waals surface area (Å²) in [7, 11) is -0.887. The molecule has 0 radical (unpaired) electrons. The van der Waals surface area contributed by atoms with Gasteiger partial charge in [-0.1, -0.05) is 50.2 Å². The fourth-order valence-electron chi connectivity index (χ4n) is 2.68. The Kier molecular flexibility index (Phi) is 11.1. The molecule has 0 spiro atoms. The fourth-order valence-corrected chi connectivity index (χ4v) is 5.11. The Morgan fingerprint density at radius 3 is 1.84 bits per heavy atom. The molecular formula is C21H29IrNOP+2. The number of hydrogen-bond acceptors (Lipinski definition) is 2. The standard InChI is InChI=1S/C19H22NOP.2CH3.Ir/c1-15(2)18-13-21-19(20-18)14-22(16-9-5-3-6-10-16)17-11-7-4-8-12-17;;;/h3-12,15,18H,13-14H2,1-2H3;2*1H3;/q;2*-1;+3/p+1/t18-;;;/m1.../s1. The number of benzene rings is 2. The van der Waals surface area contributed by atoms with E-state index in [4.69, 9.17) is 9.73 Å². The first-order chi connectivity index (χ1) is 10.7. The molecule has 136 valence electrons. The van der Waals surface area contributed by atoms with E-state index in [0.717, 1.165) is 18.7 Å². The Morgan fingerprint density at radius 2 is 1.44 bits per heavy atom. The number of ether oxygens (including phenoxy) is 1. The second-order valence-electron chi connectivity index (χ2n) is 6.03. The zero-order valence-corrected chi connectivity index (χ0v) is 18.9. The quantitative estimate of drug-likeness (QED) is 0.416. The zero-order valence-electron chi connectivity index (χ0n) is 15.5. The maximum Gasteiger partial charge on any atom is 3.00 e. The Bertz CT molecular complexity index is 591. The molecule has 0 aliphatic carbocycles. The van der Waals surface area contributed by atoms with E-state index in [-0.39, 0.29) is 35.0 Å². The molecule has 1 heterocycles. The molecule has 0 saturated carbocycles. The second-order valence-corrected chi connectivity index (χ2v) is 8.50. The molecule has 1 atom stereocenters. The third-order valence-corrected chi connectivity index (χ3v) is 6.79. The van der Waals surface area contributed by atoms with Crippen LogP contribution >= 0.6 is 7.92 Å². The summed E-state index contributed by atoms with van der Waals surface area (Å²) in [4.78, 5) is 4.80. The van der Waals surface area contributed by atoms with Gasteiger partial charge in [0.05, 0.1) is 24.6 Å². The molecule has 2 nitrogen and oxygen atoms in total. The normalized spacial score (nSPS) is 15.5. The average molecular weight is 535 g/mol. The minimum Gasteiger partial charge on any atom is -0.476 e. The van der Waals surface area contributed by atoms with Crippen molar-refractivity contribution in [3.8, 4) is 0 Å². The number of rotatable bonds is 5. The molecule has 0 fully saturated rings. The van der Waals surface area contributed by atoms with Crippen LogP contribution in [-0.2, 0) is 24.8 Å². The van der Waals surface area contributed by atoms with Crippen molar-refractivity contribution in [1.29, 1.82) is 0 Å². The van der Waals surface area contributed by atoms with Gasteiger partial charge in [-0.05, 0) is 30.2 Å². The van der Waals surface area contributed by atoms with E-state index in [9.17, 15) is 0 Å². The molecule has 0 aromatic heterocycles. The van der Waals surface area contributed by atoms with E-state index in [1.54, 1.807) is 0 Å². The molecule has 0 saturated heterocycles. The molecular weight excluding hydrogens is 505 g/mol. The van der Waals surface area contributed by atoms with Crippen molar-refractivity contribution in [3.05, 3.63) is 75.5 Å². The van der Waals surface area contributed by atoms with Crippen molar-refractivity contribution >= 4 is 24.4 Å². The van der Waals surface area contributed by atoms with E-state index in [1.807, 2.05) is 0 Å². The second kappa shape index (κ2) is 11.6. The summed E-state index contributed by atoms with van der Waals surface area (Å²) in [6, 6.07) is 21.9. The SMILES string of the molecule is CC(C)[C@H]1COC(C[PH+](c2ccccc2)c2ccccc2)=N1.[CH3-].[CH3-].[Ir+3]. The van der Waals surface area contributed by atoms with Gasteiger partial charge >= 0.3 is 20.1 Å². The molecule has 0 bridgehead atoms. The van der Waals surface area contributed by atoms with Crippen molar-refractivity contribution in [2.75, 3.05) is 12.8 Å². The van der Waals surface area contributed by atoms with Crippen LogP contribution in [0.3, 0.4) is 0 Å². The van der Waals surface area contributed by atoms with Crippen LogP contribution < -0.4 is 10.6 Å². The summed E-state index contributed by atoms with van der Waals surface area (Å²) in [5, 5.41) is 2.83. The molecule has 0 unspecified atom stereocenters. The molecule has 3 rings (SSSR count). The van der Waals surface area contributed by atoms with Gasteiger partial charge in [0.25, 0.3) is 0 Å². The van der Waals surface area contributed by atoms with Gasteiger partial charge in [0.2, 0.25) is 5.90 Å². The molecule has 2 aromatic rings. The van der Waals surface area contributed by atoms with Crippen LogP contribution in [0.15, 0.2) is 65.7 Å². The van der Waals surface area contributed by atoms with Gasteiger partial charge in [0, 0.05) is 0 Å². The van der Waals surface area contributed by atoms with Crippen LogP contribution in [0.1, 0.15) is 13.8 Å². The van der Waals surface area contributed by atoms with Crippen LogP contribution in [0.5, 0.6) is 0 Å². The van der Waals surface area contributed by atoms with Crippen LogP contribution in [0, 0.1) is 20.8 Å². The van der Waals surface area contributed by atoms with Gasteiger partial charge in [-0.3, -0.25) is 0 Å². The van der Waals surface area contributed by atoms with Gasteiger partial charge in [0.1, 0.15) is 12.8 Å². The van der Waals surface area contributed by atoms with Crippen molar-refractivity contribution < 1.29 is 24.8 Å². The Labute approximate surface area is 168 Å². The van der Waals surface area contributed by atoms with Gasteiger partial charge in [-0.25, -0.2) is 4.99 Å². The molecule has 0 amide bonds. The van der Waals surface area contributed by atoms with Crippen molar-refractivity contribution in [3.63, 3.8) is 0 Å². The predicted octanol–water partition coefficient (Wildman–Crippen LogP) is 4.20. The summed E-state index contributed by atoms with van der Waals surface area (Å²) in [6.45, 7) is 5.16. The first-order valence-corrected chi connectivity index (χ1v) is 9.61. The molecule has 1 aliphatic rings. The van der Waals surface area contributed by atoms with E-state index >= 15 is 0 Å². The molecule has 1 aliphatic heterocycles. The van der Waals surface area contributed by atoms with E-state index in [2.05, 4.69) is 74.5 Å². The van der Waals surface area contributed by atoms with Crippen molar-refractivity contribution in [2.24, 2.45) is 10.9 Å². The summed E-state index contributed by atoms with van der Waals surface area (Å²) < 4.78 is 5.88. The largest absolute Gasteiger partial charge is 3.00 e. The van der Waals surface area contributed by atoms with Gasteiger partial charge < -0.3 is 19.6 Å². The summed E-state index contributed by atoms with van der Waals surface area (Å²) in [6.07, 6.45) is 0.932. The third kappa shape index (κ3) is 6.33. The Morgan fingerprint density at radius 1 is 0.960 bits per heavy atom. The van der Waals surface area contributed by atoms with Gasteiger partial charge in [-0.2, -0.15) is 0 Å². The Balaban J connectivity index is 0.00000192. The minimum absolute atomic E-state index is 0. The number of hydrogen-bond donors (Lipinski definition) is 0. The topological polar surface area (TPSA) is 21.6 Å². The summed E-state index contributed by atoms with van der Waals surface area (Å²) in [5.74, 6) is 1.49. The Hall–Kier alpha value is -1.01. The molecule has 0 N–H and O–H groups in total. The van der Waals surface area contributed by atoms with E-state index in [1.165, 1.54) is 10.6 Å². The summed E-state index contributed by atoms with van der Waals surface area (Å²) in [5.41, 5.74) is 0. The predicted molar refractivity (Wildman–Crippen MR) is 110 cm³/mol. The maximum atomic E-state index is 5.88. The first-order valence-electron chi connectivity index (χ1n) is 7.90. The van der Waals surface area contributed by atoms with E-state index in [0.29, 0.717) is 12.0 Å². The minimum atomic E-state index is -0.887. The van der Waals surface area contributed by atoms with Gasteiger partial charge in [-0.15, -0.1) is 0 Å². The van der Waals surface area contributed by atoms with Gasteiger partial charge in [0.15, 0.2) is 0 Å². The average Bonchev–Trinajstić information content (AvgIpc) is 3.03. The number of aliphatic imine (C=N–C) groups is 1. The van der Waals surface area contributed by atoms with Crippen LogP contribution in [0.4, 0.5) is 0 Å².